The third-order valence-electron chi connectivity index (χ3n) is 3.89. The summed E-state index contributed by atoms with van der Waals surface area (Å²) < 4.78 is 0. The lowest BCUT2D eigenvalue weighted by molar-refractivity contribution is -0.131. The van der Waals surface area contributed by atoms with Crippen LogP contribution in [0.2, 0.25) is 0 Å². The standard InChI is InChI=1S/C13H26N2OS/c1-14-13(7-5-4-6-8-13)11-12(16)15(2)9-10-17-3/h14H,4-11H2,1-3H3. The van der Waals surface area contributed by atoms with Crippen LogP contribution in [0.4, 0.5) is 0 Å². The molecule has 0 aromatic heterocycles. The average Bonchev–Trinajstić information content (AvgIpc) is 2.36. The zero-order valence-corrected chi connectivity index (χ0v) is 12.2. The highest BCUT2D eigenvalue weighted by molar-refractivity contribution is 7.98. The van der Waals surface area contributed by atoms with Gasteiger partial charge in [-0.3, -0.25) is 4.79 Å². The van der Waals surface area contributed by atoms with Crippen LogP contribution in [0.25, 0.3) is 0 Å². The van der Waals surface area contributed by atoms with Crippen LogP contribution in [0, 0.1) is 0 Å². The van der Waals surface area contributed by atoms with E-state index in [0.29, 0.717) is 6.42 Å². The first-order valence-electron chi connectivity index (χ1n) is 6.55. The van der Waals surface area contributed by atoms with Crippen molar-refractivity contribution in [2.45, 2.75) is 44.1 Å². The molecule has 100 valence electrons. The summed E-state index contributed by atoms with van der Waals surface area (Å²) in [6.45, 7) is 0.861. The van der Waals surface area contributed by atoms with Crippen molar-refractivity contribution in [2.75, 3.05) is 32.6 Å². The largest absolute Gasteiger partial charge is 0.345 e. The minimum Gasteiger partial charge on any atom is -0.345 e. The maximum Gasteiger partial charge on any atom is 0.224 e. The molecule has 0 unspecified atom stereocenters. The minimum absolute atomic E-state index is 0.0724. The SMILES string of the molecule is CNC1(CC(=O)N(C)CCSC)CCCCC1. The van der Waals surface area contributed by atoms with Gasteiger partial charge >= 0.3 is 0 Å². The summed E-state index contributed by atoms with van der Waals surface area (Å²) >= 11 is 1.79. The molecule has 4 heteroatoms. The lowest BCUT2D eigenvalue weighted by Gasteiger charge is -2.37. The topological polar surface area (TPSA) is 32.3 Å². The normalized spacial score (nSPS) is 19.0. The maximum absolute atomic E-state index is 12.2. The number of thioether (sulfide) groups is 1. The van der Waals surface area contributed by atoms with Gasteiger partial charge in [0.1, 0.15) is 0 Å². The van der Waals surface area contributed by atoms with Gasteiger partial charge < -0.3 is 10.2 Å². The fourth-order valence-electron chi connectivity index (χ4n) is 2.52. The molecule has 1 amide bonds. The van der Waals surface area contributed by atoms with Crippen molar-refractivity contribution in [1.29, 1.82) is 0 Å². The van der Waals surface area contributed by atoms with E-state index < -0.39 is 0 Å². The van der Waals surface area contributed by atoms with Crippen molar-refractivity contribution < 1.29 is 4.79 Å². The highest BCUT2D eigenvalue weighted by atomic mass is 32.2. The number of hydrogen-bond donors (Lipinski definition) is 1. The number of rotatable bonds is 6. The molecular weight excluding hydrogens is 232 g/mol. The Morgan fingerprint density at radius 2 is 2.00 bits per heavy atom. The molecular formula is C13H26N2OS. The van der Waals surface area contributed by atoms with Crippen LogP contribution >= 0.6 is 11.8 Å². The van der Waals surface area contributed by atoms with E-state index in [1.165, 1.54) is 19.3 Å². The van der Waals surface area contributed by atoms with Gasteiger partial charge in [0.25, 0.3) is 0 Å². The predicted octanol–water partition coefficient (Wildman–Crippen LogP) is 2.12. The van der Waals surface area contributed by atoms with E-state index in [2.05, 4.69) is 11.6 Å². The van der Waals surface area contributed by atoms with Gasteiger partial charge in [-0.2, -0.15) is 11.8 Å². The molecule has 1 saturated carbocycles. The molecule has 0 radical (unpaired) electrons. The summed E-state index contributed by atoms with van der Waals surface area (Å²) in [6, 6.07) is 0. The van der Waals surface area contributed by atoms with Gasteiger partial charge in [0, 0.05) is 31.3 Å². The van der Waals surface area contributed by atoms with Crippen LogP contribution in [0.3, 0.4) is 0 Å². The van der Waals surface area contributed by atoms with E-state index in [1.54, 1.807) is 11.8 Å². The quantitative estimate of drug-likeness (QED) is 0.792. The van der Waals surface area contributed by atoms with Crippen molar-refractivity contribution in [1.82, 2.24) is 10.2 Å². The zero-order chi connectivity index (χ0) is 12.7. The summed E-state index contributed by atoms with van der Waals surface area (Å²) in [7, 11) is 3.92. The van der Waals surface area contributed by atoms with Crippen LogP contribution < -0.4 is 5.32 Å². The molecule has 0 bridgehead atoms. The molecule has 0 spiro atoms. The van der Waals surface area contributed by atoms with Crippen molar-refractivity contribution in [3.05, 3.63) is 0 Å². The van der Waals surface area contributed by atoms with Crippen molar-refractivity contribution in [3.8, 4) is 0 Å². The minimum atomic E-state index is 0.0724. The predicted molar refractivity (Wildman–Crippen MR) is 75.5 cm³/mol. The molecule has 0 heterocycles. The van der Waals surface area contributed by atoms with Crippen molar-refractivity contribution >= 4 is 17.7 Å². The van der Waals surface area contributed by atoms with Gasteiger partial charge in [-0.15, -0.1) is 0 Å². The van der Waals surface area contributed by atoms with E-state index in [-0.39, 0.29) is 11.4 Å². The van der Waals surface area contributed by atoms with Gasteiger partial charge in [0.05, 0.1) is 0 Å². The summed E-state index contributed by atoms with van der Waals surface area (Å²) in [5.41, 5.74) is 0.0724. The maximum atomic E-state index is 12.2. The van der Waals surface area contributed by atoms with Crippen LogP contribution in [0.1, 0.15) is 38.5 Å². The van der Waals surface area contributed by atoms with Crippen LogP contribution in [0.5, 0.6) is 0 Å². The fraction of sp³-hybridized carbons (Fsp3) is 0.923. The van der Waals surface area contributed by atoms with Crippen LogP contribution in [-0.2, 0) is 4.79 Å². The monoisotopic (exact) mass is 258 g/mol. The molecule has 1 N–H and O–H groups in total. The first kappa shape index (κ1) is 14.8. The Morgan fingerprint density at radius 1 is 1.35 bits per heavy atom. The number of carbonyl (C=O) groups is 1. The van der Waals surface area contributed by atoms with E-state index in [1.807, 2.05) is 19.0 Å². The van der Waals surface area contributed by atoms with Gasteiger partial charge in [-0.25, -0.2) is 0 Å². The molecule has 0 atom stereocenters. The smallest absolute Gasteiger partial charge is 0.224 e. The molecule has 0 aromatic rings. The molecule has 1 rings (SSSR count). The third-order valence-corrected chi connectivity index (χ3v) is 4.48. The zero-order valence-electron chi connectivity index (χ0n) is 11.4. The summed E-state index contributed by atoms with van der Waals surface area (Å²) in [6.07, 6.45) is 8.85. The van der Waals surface area contributed by atoms with Gasteiger partial charge in [-0.1, -0.05) is 19.3 Å². The van der Waals surface area contributed by atoms with Gasteiger partial charge in [0.15, 0.2) is 0 Å². The first-order valence-corrected chi connectivity index (χ1v) is 7.95. The molecule has 0 aliphatic heterocycles. The molecule has 1 fully saturated rings. The van der Waals surface area contributed by atoms with E-state index in [9.17, 15) is 4.79 Å². The highest BCUT2D eigenvalue weighted by Gasteiger charge is 2.33. The Kier molecular flexibility index (Phi) is 6.34. The first-order chi connectivity index (χ1) is 8.13. The van der Waals surface area contributed by atoms with E-state index >= 15 is 0 Å². The lowest BCUT2D eigenvalue weighted by Crippen LogP contribution is -2.48. The Bertz CT molecular complexity index is 240. The Balaban J connectivity index is 2.46. The van der Waals surface area contributed by atoms with Crippen LogP contribution in [0.15, 0.2) is 0 Å². The van der Waals surface area contributed by atoms with Crippen LogP contribution in [-0.4, -0.2) is 49.0 Å². The van der Waals surface area contributed by atoms with E-state index in [4.69, 9.17) is 0 Å². The second-order valence-corrected chi connectivity index (χ2v) is 6.06. The number of hydrogen-bond acceptors (Lipinski definition) is 3. The number of amides is 1. The molecule has 0 saturated heterocycles. The molecule has 1 aliphatic carbocycles. The average molecular weight is 258 g/mol. The van der Waals surface area contributed by atoms with Crippen molar-refractivity contribution in [2.24, 2.45) is 0 Å². The van der Waals surface area contributed by atoms with Gasteiger partial charge in [0.2, 0.25) is 5.91 Å². The molecule has 0 aromatic carbocycles. The summed E-state index contributed by atoms with van der Waals surface area (Å²) in [4.78, 5) is 14.0. The highest BCUT2D eigenvalue weighted by Crippen LogP contribution is 2.31. The Labute approximate surface area is 110 Å². The summed E-state index contributed by atoms with van der Waals surface area (Å²) in [5.74, 6) is 1.31. The fourth-order valence-corrected chi connectivity index (χ4v) is 2.98. The second kappa shape index (κ2) is 7.27. The Hall–Kier alpha value is -0.220. The number of carbonyl (C=O) groups excluding carboxylic acids is 1. The Morgan fingerprint density at radius 3 is 2.53 bits per heavy atom. The lowest BCUT2D eigenvalue weighted by atomic mass is 9.79. The second-order valence-electron chi connectivity index (χ2n) is 5.08. The van der Waals surface area contributed by atoms with Crippen molar-refractivity contribution in [3.63, 3.8) is 0 Å². The van der Waals surface area contributed by atoms with Gasteiger partial charge in [-0.05, 0) is 26.1 Å². The van der Waals surface area contributed by atoms with E-state index in [0.717, 1.165) is 25.1 Å². The number of nitrogens with zero attached hydrogens (tertiary/aromatic N) is 1. The molecule has 17 heavy (non-hydrogen) atoms. The third kappa shape index (κ3) is 4.51. The molecule has 1 aliphatic rings. The molecule has 3 nitrogen and oxygen atoms in total. The number of nitrogens with one attached hydrogen (secondary N) is 1. The summed E-state index contributed by atoms with van der Waals surface area (Å²) in [5, 5.41) is 3.41.